The molecule has 0 N–H and O–H groups in total. The van der Waals surface area contributed by atoms with Gasteiger partial charge in [0, 0.05) is 11.6 Å². The Bertz CT molecular complexity index is 351. The minimum absolute atomic E-state index is 0.137. The van der Waals surface area contributed by atoms with Crippen LogP contribution in [0, 0.1) is 0 Å². The van der Waals surface area contributed by atoms with Crippen LogP contribution in [-0.2, 0) is 0 Å². The van der Waals surface area contributed by atoms with Gasteiger partial charge in [0.15, 0.2) is 12.0 Å². The summed E-state index contributed by atoms with van der Waals surface area (Å²) in [5.74, 6) is 0.137. The molecule has 1 aromatic carbocycles. The van der Waals surface area contributed by atoms with E-state index in [0.717, 1.165) is 0 Å². The molecule has 0 aliphatic rings. The van der Waals surface area contributed by atoms with E-state index in [4.69, 9.17) is 11.6 Å². The van der Waals surface area contributed by atoms with Crippen LogP contribution in [0.3, 0.4) is 0 Å². The predicted octanol–water partition coefficient (Wildman–Crippen LogP) is 3.00. The number of benzene rings is 1. The van der Waals surface area contributed by atoms with Crippen molar-refractivity contribution in [3.05, 3.63) is 28.2 Å². The molecule has 0 atom stereocenters. The van der Waals surface area contributed by atoms with E-state index in [1.165, 1.54) is 6.07 Å². The highest BCUT2D eigenvalue weighted by atomic mass is 79.9. The van der Waals surface area contributed by atoms with Crippen molar-refractivity contribution in [2.24, 2.45) is 0 Å². The van der Waals surface area contributed by atoms with E-state index < -0.39 is 5.43 Å². The van der Waals surface area contributed by atoms with Crippen molar-refractivity contribution in [1.29, 1.82) is 0 Å². The lowest BCUT2D eigenvalue weighted by Gasteiger charge is -2.04. The number of ether oxygens (including phenoxy) is 1. The van der Waals surface area contributed by atoms with Crippen LogP contribution in [0.1, 0.15) is 10.4 Å². The molecule has 0 spiro atoms. The third-order valence-corrected chi connectivity index (χ3v) is 2.01. The van der Waals surface area contributed by atoms with Crippen molar-refractivity contribution in [3.8, 4) is 5.75 Å². The van der Waals surface area contributed by atoms with E-state index in [1.807, 2.05) is 0 Å². The molecule has 0 aliphatic carbocycles. The summed E-state index contributed by atoms with van der Waals surface area (Å²) in [5, 5.41) is 0. The summed E-state index contributed by atoms with van der Waals surface area (Å²) >= 11 is 8.14. The van der Waals surface area contributed by atoms with Gasteiger partial charge in [-0.1, -0.05) is 6.07 Å². The third kappa shape index (κ3) is 2.54. The molecule has 0 bridgehead atoms. The van der Waals surface area contributed by atoms with Gasteiger partial charge in [-0.2, -0.15) is 0 Å². The summed E-state index contributed by atoms with van der Waals surface area (Å²) in [6.45, 7) is 0. The second-order valence-corrected chi connectivity index (χ2v) is 3.28. The van der Waals surface area contributed by atoms with Gasteiger partial charge in [-0.3, -0.25) is 4.79 Å². The molecule has 3 nitrogen and oxygen atoms in total. The van der Waals surface area contributed by atoms with E-state index >= 15 is 0 Å². The Hall–Kier alpha value is -0.870. The number of para-hydroxylation sites is 1. The maximum absolute atomic E-state index is 10.5. The molecule has 0 saturated heterocycles. The van der Waals surface area contributed by atoms with Crippen LogP contribution >= 0.6 is 27.5 Å². The highest BCUT2D eigenvalue weighted by molar-refractivity contribution is 9.10. The minimum Gasteiger partial charge on any atom is -0.413 e. The lowest BCUT2D eigenvalue weighted by Crippen LogP contribution is -2.00. The van der Waals surface area contributed by atoms with Crippen molar-refractivity contribution in [2.75, 3.05) is 0 Å². The number of hydrogen-bond acceptors (Lipinski definition) is 3. The summed E-state index contributed by atoms with van der Waals surface area (Å²) < 4.78 is 5.12. The normalized spacial score (nSPS) is 9.38. The van der Waals surface area contributed by atoms with E-state index in [9.17, 15) is 9.59 Å². The van der Waals surface area contributed by atoms with Gasteiger partial charge in [-0.25, -0.2) is 4.79 Å². The molecular weight excluding hydrogens is 259 g/mol. The molecule has 0 unspecified atom stereocenters. The van der Waals surface area contributed by atoms with Crippen LogP contribution in [-0.4, -0.2) is 11.7 Å². The Morgan fingerprint density at radius 2 is 2.23 bits per heavy atom. The first-order valence-electron chi connectivity index (χ1n) is 3.26. The average molecular weight is 263 g/mol. The summed E-state index contributed by atoms with van der Waals surface area (Å²) in [5.41, 5.74) is -0.710. The quantitative estimate of drug-likeness (QED) is 0.608. The van der Waals surface area contributed by atoms with Crippen LogP contribution in [0.2, 0.25) is 0 Å². The second-order valence-electron chi connectivity index (χ2n) is 2.12. The van der Waals surface area contributed by atoms with Crippen molar-refractivity contribution in [2.45, 2.75) is 0 Å². The smallest absolute Gasteiger partial charge is 0.409 e. The Balaban J connectivity index is 3.14. The van der Waals surface area contributed by atoms with Crippen molar-refractivity contribution in [3.63, 3.8) is 0 Å². The molecule has 0 aromatic heterocycles. The fourth-order valence-corrected chi connectivity index (χ4v) is 1.35. The van der Waals surface area contributed by atoms with Crippen LogP contribution in [0.5, 0.6) is 5.75 Å². The molecule has 0 saturated carbocycles. The van der Waals surface area contributed by atoms with Crippen LogP contribution < -0.4 is 4.74 Å². The highest BCUT2D eigenvalue weighted by Gasteiger charge is 2.09. The monoisotopic (exact) mass is 262 g/mol. The van der Waals surface area contributed by atoms with Gasteiger partial charge in [-0.15, -0.1) is 0 Å². The Kier molecular flexibility index (Phi) is 3.45. The maximum Gasteiger partial charge on any atom is 0.409 e. The largest absolute Gasteiger partial charge is 0.413 e. The lowest BCUT2D eigenvalue weighted by atomic mass is 10.2. The van der Waals surface area contributed by atoms with Gasteiger partial charge < -0.3 is 4.74 Å². The number of rotatable bonds is 2. The fourth-order valence-electron chi connectivity index (χ4n) is 0.806. The van der Waals surface area contributed by atoms with Crippen LogP contribution in [0.15, 0.2) is 22.7 Å². The molecule has 0 fully saturated rings. The maximum atomic E-state index is 10.5. The molecule has 1 aromatic rings. The highest BCUT2D eigenvalue weighted by Crippen LogP contribution is 2.28. The first-order chi connectivity index (χ1) is 6.15. The summed E-state index contributed by atoms with van der Waals surface area (Å²) in [7, 11) is 0. The van der Waals surface area contributed by atoms with Crippen molar-refractivity contribution in [1.82, 2.24) is 0 Å². The Labute approximate surface area is 87.8 Å². The molecule has 5 heteroatoms. The van der Waals surface area contributed by atoms with E-state index in [-0.39, 0.29) is 11.3 Å². The standard InChI is InChI=1S/C8H4BrClO3/c9-6-3-1-2-5(4-11)7(6)13-8(10)12/h1-4H. The molecule has 1 rings (SSSR count). The van der Waals surface area contributed by atoms with Gasteiger partial charge in [0.05, 0.1) is 10.0 Å². The molecular formula is C8H4BrClO3. The fraction of sp³-hybridized carbons (Fsp3) is 0. The van der Waals surface area contributed by atoms with Gasteiger partial charge in [0.25, 0.3) is 0 Å². The zero-order chi connectivity index (χ0) is 9.84. The van der Waals surface area contributed by atoms with Gasteiger partial charge >= 0.3 is 5.43 Å². The molecule has 0 radical (unpaired) electrons. The molecule has 68 valence electrons. The summed E-state index contributed by atoms with van der Waals surface area (Å²) in [6, 6.07) is 4.81. The van der Waals surface area contributed by atoms with Crippen LogP contribution in [0.25, 0.3) is 0 Å². The lowest BCUT2D eigenvalue weighted by molar-refractivity contribution is 0.112. The van der Waals surface area contributed by atoms with Crippen molar-refractivity contribution < 1.29 is 14.3 Å². The third-order valence-electron chi connectivity index (χ3n) is 1.31. The van der Waals surface area contributed by atoms with Crippen molar-refractivity contribution >= 4 is 39.2 Å². The predicted molar refractivity (Wildman–Crippen MR) is 51.4 cm³/mol. The van der Waals surface area contributed by atoms with E-state index in [1.54, 1.807) is 12.1 Å². The molecule has 13 heavy (non-hydrogen) atoms. The number of carbonyl (C=O) groups is 2. The number of hydrogen-bond donors (Lipinski definition) is 0. The summed E-state index contributed by atoms with van der Waals surface area (Å²) in [4.78, 5) is 20.9. The summed E-state index contributed by atoms with van der Waals surface area (Å²) in [6.07, 6.45) is 0.583. The van der Waals surface area contributed by atoms with Gasteiger partial charge in [0.1, 0.15) is 0 Å². The van der Waals surface area contributed by atoms with Gasteiger partial charge in [-0.05, 0) is 28.1 Å². The topological polar surface area (TPSA) is 43.4 Å². The first-order valence-corrected chi connectivity index (χ1v) is 4.43. The second kappa shape index (κ2) is 4.39. The average Bonchev–Trinajstić information content (AvgIpc) is 2.08. The van der Waals surface area contributed by atoms with Crippen LogP contribution in [0.4, 0.5) is 4.79 Å². The zero-order valence-corrected chi connectivity index (χ0v) is 8.63. The Morgan fingerprint density at radius 3 is 2.77 bits per heavy atom. The number of halogens is 2. The molecule has 0 amide bonds. The SMILES string of the molecule is O=Cc1cccc(Br)c1OC(=O)Cl. The van der Waals surface area contributed by atoms with Gasteiger partial charge in [0.2, 0.25) is 0 Å². The number of carbonyl (C=O) groups excluding carboxylic acids is 2. The minimum atomic E-state index is -0.977. The van der Waals surface area contributed by atoms with E-state index in [2.05, 4.69) is 20.7 Å². The molecule has 0 heterocycles. The van der Waals surface area contributed by atoms with E-state index in [0.29, 0.717) is 10.8 Å². The first kappa shape index (κ1) is 10.2. The Morgan fingerprint density at radius 1 is 1.54 bits per heavy atom. The number of aldehydes is 1. The zero-order valence-electron chi connectivity index (χ0n) is 6.29. The molecule has 0 aliphatic heterocycles.